The van der Waals surface area contributed by atoms with Gasteiger partial charge in [-0.1, -0.05) is 6.07 Å². The lowest BCUT2D eigenvalue weighted by atomic mass is 9.82. The molecule has 0 aliphatic carbocycles. The molecule has 0 aromatic carbocycles. The van der Waals surface area contributed by atoms with E-state index in [1.807, 2.05) is 23.2 Å². The molecular formula is C21H28F3N3O5. The summed E-state index contributed by atoms with van der Waals surface area (Å²) < 4.78 is 43.4. The molecule has 32 heavy (non-hydrogen) atoms. The van der Waals surface area contributed by atoms with E-state index in [2.05, 4.69) is 16.0 Å². The van der Waals surface area contributed by atoms with Gasteiger partial charge in [0.05, 0.1) is 25.5 Å². The van der Waals surface area contributed by atoms with E-state index in [1.54, 1.807) is 0 Å². The number of rotatable bonds is 6. The molecule has 11 heteroatoms. The molecule has 4 heterocycles. The summed E-state index contributed by atoms with van der Waals surface area (Å²) in [6, 6.07) is 6.05. The molecule has 3 aliphatic rings. The minimum absolute atomic E-state index is 0.0278. The average Bonchev–Trinajstić information content (AvgIpc) is 3.45. The molecule has 1 amide bonds. The highest BCUT2D eigenvalue weighted by atomic mass is 19.4. The SMILES string of the molecule is O=C(COC[C@]12COC[C@H]1CN(Cc1ccccn1)C2)N1CCCC1.O=C(O)C(F)(F)F. The van der Waals surface area contributed by atoms with Crippen LogP contribution in [-0.4, -0.2) is 90.5 Å². The zero-order valence-corrected chi connectivity index (χ0v) is 17.7. The fourth-order valence-electron chi connectivity index (χ4n) is 4.39. The van der Waals surface area contributed by atoms with Crippen LogP contribution in [0.2, 0.25) is 0 Å². The molecule has 0 saturated carbocycles. The Labute approximate surface area is 184 Å². The maximum Gasteiger partial charge on any atom is 0.490 e. The Morgan fingerprint density at radius 1 is 1.28 bits per heavy atom. The van der Waals surface area contributed by atoms with E-state index in [0.29, 0.717) is 12.5 Å². The third-order valence-corrected chi connectivity index (χ3v) is 6.02. The lowest BCUT2D eigenvalue weighted by Gasteiger charge is -2.27. The summed E-state index contributed by atoms with van der Waals surface area (Å²) in [6.07, 6.45) is -1.000. The van der Waals surface area contributed by atoms with Gasteiger partial charge in [0, 0.05) is 50.3 Å². The van der Waals surface area contributed by atoms with Gasteiger partial charge in [-0.25, -0.2) is 4.79 Å². The number of nitrogens with zero attached hydrogens (tertiary/aromatic N) is 3. The van der Waals surface area contributed by atoms with Crippen LogP contribution < -0.4 is 0 Å². The number of amides is 1. The van der Waals surface area contributed by atoms with Gasteiger partial charge in [0.25, 0.3) is 0 Å². The summed E-state index contributed by atoms with van der Waals surface area (Å²) in [6.45, 7) is 6.94. The molecule has 3 fully saturated rings. The van der Waals surface area contributed by atoms with Crippen LogP contribution in [0.1, 0.15) is 18.5 Å². The zero-order chi connectivity index (χ0) is 23.2. The van der Waals surface area contributed by atoms with Crippen molar-refractivity contribution in [2.45, 2.75) is 25.6 Å². The lowest BCUT2D eigenvalue weighted by molar-refractivity contribution is -0.192. The quantitative estimate of drug-likeness (QED) is 0.694. The number of hydrogen-bond donors (Lipinski definition) is 1. The zero-order valence-electron chi connectivity index (χ0n) is 17.7. The molecule has 0 spiro atoms. The molecule has 1 aromatic heterocycles. The monoisotopic (exact) mass is 459 g/mol. The summed E-state index contributed by atoms with van der Waals surface area (Å²) >= 11 is 0. The summed E-state index contributed by atoms with van der Waals surface area (Å²) in [4.78, 5) is 29.9. The fourth-order valence-corrected chi connectivity index (χ4v) is 4.39. The normalized spacial score (nSPS) is 25.3. The highest BCUT2D eigenvalue weighted by molar-refractivity contribution is 5.77. The highest BCUT2D eigenvalue weighted by Crippen LogP contribution is 2.42. The van der Waals surface area contributed by atoms with E-state index >= 15 is 0 Å². The van der Waals surface area contributed by atoms with Crippen LogP contribution in [0.5, 0.6) is 0 Å². The van der Waals surface area contributed by atoms with Crippen LogP contribution in [-0.2, 0) is 25.6 Å². The van der Waals surface area contributed by atoms with E-state index in [4.69, 9.17) is 19.4 Å². The summed E-state index contributed by atoms with van der Waals surface area (Å²) in [5, 5.41) is 7.12. The summed E-state index contributed by atoms with van der Waals surface area (Å²) in [7, 11) is 0. The maximum absolute atomic E-state index is 12.2. The third-order valence-electron chi connectivity index (χ3n) is 6.02. The number of carboxylic acid groups (broad SMARTS) is 1. The van der Waals surface area contributed by atoms with Crippen LogP contribution in [0, 0.1) is 11.3 Å². The third kappa shape index (κ3) is 6.39. The molecule has 3 aliphatic heterocycles. The van der Waals surface area contributed by atoms with Gasteiger partial charge in [-0.15, -0.1) is 0 Å². The van der Waals surface area contributed by atoms with Crippen LogP contribution >= 0.6 is 0 Å². The minimum Gasteiger partial charge on any atom is -0.475 e. The second kappa shape index (κ2) is 10.6. The Balaban J connectivity index is 0.000000360. The van der Waals surface area contributed by atoms with Gasteiger partial charge >= 0.3 is 12.1 Å². The van der Waals surface area contributed by atoms with Gasteiger partial charge in [-0.05, 0) is 25.0 Å². The Morgan fingerprint density at radius 3 is 2.62 bits per heavy atom. The number of alkyl halides is 3. The van der Waals surface area contributed by atoms with Crippen LogP contribution in [0.25, 0.3) is 0 Å². The Bertz CT molecular complexity index is 774. The van der Waals surface area contributed by atoms with Crippen LogP contribution in [0.4, 0.5) is 13.2 Å². The molecule has 0 unspecified atom stereocenters. The van der Waals surface area contributed by atoms with E-state index in [0.717, 1.165) is 64.5 Å². The summed E-state index contributed by atoms with van der Waals surface area (Å²) in [5.41, 5.74) is 1.13. The van der Waals surface area contributed by atoms with Crippen molar-refractivity contribution in [1.29, 1.82) is 0 Å². The molecule has 2 atom stereocenters. The molecule has 4 rings (SSSR count). The van der Waals surface area contributed by atoms with Gasteiger partial charge < -0.3 is 19.5 Å². The smallest absolute Gasteiger partial charge is 0.475 e. The van der Waals surface area contributed by atoms with Gasteiger partial charge in [0.2, 0.25) is 5.91 Å². The Morgan fingerprint density at radius 2 is 2.00 bits per heavy atom. The predicted octanol–water partition coefficient (Wildman–Crippen LogP) is 1.80. The van der Waals surface area contributed by atoms with Crippen molar-refractivity contribution in [3.8, 4) is 0 Å². The number of likely N-dealkylation sites (tertiary alicyclic amines) is 2. The van der Waals surface area contributed by atoms with Gasteiger partial charge in [-0.3, -0.25) is 14.7 Å². The lowest BCUT2D eigenvalue weighted by Crippen LogP contribution is -2.38. The van der Waals surface area contributed by atoms with Crippen molar-refractivity contribution >= 4 is 11.9 Å². The van der Waals surface area contributed by atoms with Crippen LogP contribution in [0.3, 0.4) is 0 Å². The number of ether oxygens (including phenoxy) is 2. The minimum atomic E-state index is -5.08. The van der Waals surface area contributed by atoms with Crippen molar-refractivity contribution in [1.82, 2.24) is 14.8 Å². The second-order valence-electron chi connectivity index (χ2n) is 8.45. The van der Waals surface area contributed by atoms with Crippen molar-refractivity contribution < 1.29 is 37.3 Å². The molecule has 8 nitrogen and oxygen atoms in total. The number of fused-ring (bicyclic) bond motifs is 1. The first kappa shape index (κ1) is 24.4. The molecule has 0 bridgehead atoms. The first-order chi connectivity index (χ1) is 15.2. The number of carboxylic acids is 1. The molecule has 3 saturated heterocycles. The number of halogens is 3. The Hall–Kier alpha value is -2.24. The molecule has 178 valence electrons. The number of aliphatic carboxylic acids is 1. The number of carbonyl (C=O) groups excluding carboxylic acids is 1. The van der Waals surface area contributed by atoms with Crippen molar-refractivity contribution in [3.63, 3.8) is 0 Å². The maximum atomic E-state index is 12.2. The fraction of sp³-hybridized carbons (Fsp3) is 0.667. The molecule has 1 aromatic rings. The van der Waals surface area contributed by atoms with Gasteiger partial charge in [0.15, 0.2) is 0 Å². The van der Waals surface area contributed by atoms with Gasteiger partial charge in [-0.2, -0.15) is 13.2 Å². The van der Waals surface area contributed by atoms with Crippen LogP contribution in [0.15, 0.2) is 24.4 Å². The van der Waals surface area contributed by atoms with E-state index in [1.165, 1.54) is 0 Å². The molecule has 0 radical (unpaired) electrons. The summed E-state index contributed by atoms with van der Waals surface area (Å²) in [5.74, 6) is -2.14. The largest absolute Gasteiger partial charge is 0.490 e. The predicted molar refractivity (Wildman–Crippen MR) is 107 cm³/mol. The standard InChI is InChI=1S/C19H27N3O3.C2HF3O2/c23-18(22-7-3-4-8-22)12-25-15-19-13-21(9-16(19)11-24-14-19)10-17-5-1-2-6-20-17;3-2(4,5)1(6)7/h1-2,5-6,16H,3-4,7-15H2;(H,6,7)/t16-,19+;/m1./s1. The number of pyridine rings is 1. The number of carbonyl (C=O) groups is 2. The first-order valence-corrected chi connectivity index (χ1v) is 10.6. The van der Waals surface area contributed by atoms with Gasteiger partial charge in [0.1, 0.15) is 6.61 Å². The average molecular weight is 459 g/mol. The number of aromatic nitrogens is 1. The number of hydrogen-bond acceptors (Lipinski definition) is 6. The van der Waals surface area contributed by atoms with E-state index in [-0.39, 0.29) is 17.9 Å². The highest BCUT2D eigenvalue weighted by Gasteiger charge is 2.50. The van der Waals surface area contributed by atoms with Crippen molar-refractivity contribution in [2.24, 2.45) is 11.3 Å². The van der Waals surface area contributed by atoms with Crippen molar-refractivity contribution in [3.05, 3.63) is 30.1 Å². The topological polar surface area (TPSA) is 92.2 Å². The molecule has 1 N–H and O–H groups in total. The van der Waals surface area contributed by atoms with E-state index in [9.17, 15) is 18.0 Å². The Kier molecular flexibility index (Phi) is 8.07. The molecular weight excluding hydrogens is 431 g/mol. The first-order valence-electron chi connectivity index (χ1n) is 10.6. The van der Waals surface area contributed by atoms with E-state index < -0.39 is 12.1 Å². The van der Waals surface area contributed by atoms with Crippen molar-refractivity contribution in [2.75, 3.05) is 52.6 Å². The second-order valence-corrected chi connectivity index (χ2v) is 8.45.